The van der Waals surface area contributed by atoms with Crippen molar-refractivity contribution in [2.45, 2.75) is 32.4 Å². The minimum Gasteiger partial charge on any atom is -0.467 e. The Morgan fingerprint density at radius 1 is 1.22 bits per heavy atom. The van der Waals surface area contributed by atoms with Crippen molar-refractivity contribution in [1.82, 2.24) is 9.80 Å². The van der Waals surface area contributed by atoms with Crippen LogP contribution in [0.3, 0.4) is 0 Å². The van der Waals surface area contributed by atoms with E-state index < -0.39 is 0 Å². The van der Waals surface area contributed by atoms with E-state index in [2.05, 4.69) is 11.9 Å². The van der Waals surface area contributed by atoms with Crippen LogP contribution in [0.1, 0.15) is 34.5 Å². The van der Waals surface area contributed by atoms with Crippen LogP contribution in [-0.2, 0) is 6.54 Å². The van der Waals surface area contributed by atoms with E-state index in [0.717, 1.165) is 37.3 Å². The lowest BCUT2D eigenvalue weighted by Crippen LogP contribution is -2.46. The zero-order valence-electron chi connectivity index (χ0n) is 13.9. The van der Waals surface area contributed by atoms with E-state index in [0.29, 0.717) is 6.54 Å². The maximum absolute atomic E-state index is 13.0. The van der Waals surface area contributed by atoms with E-state index in [1.54, 1.807) is 6.26 Å². The predicted octanol–water partition coefficient (Wildman–Crippen LogP) is 3.32. The number of piperidine rings is 1. The van der Waals surface area contributed by atoms with Gasteiger partial charge in [-0.2, -0.15) is 0 Å². The smallest absolute Gasteiger partial charge is 0.254 e. The standard InChI is InChI=1S/C19H24N2O2/c1-15-5-7-16(8-6-15)19(22)21(14-18-4-3-13-23-18)17-9-11-20(2)12-10-17/h3-8,13,17H,9-12,14H2,1-2H3. The molecule has 122 valence electrons. The number of carbonyl (C=O) groups excluding carboxylic acids is 1. The average molecular weight is 312 g/mol. The van der Waals surface area contributed by atoms with Gasteiger partial charge >= 0.3 is 0 Å². The Hall–Kier alpha value is -2.07. The third kappa shape index (κ3) is 3.82. The van der Waals surface area contributed by atoms with E-state index in [9.17, 15) is 4.79 Å². The number of carbonyl (C=O) groups is 1. The fourth-order valence-corrected chi connectivity index (χ4v) is 3.11. The lowest BCUT2D eigenvalue weighted by atomic mass is 10.0. The number of hydrogen-bond acceptors (Lipinski definition) is 3. The lowest BCUT2D eigenvalue weighted by molar-refractivity contribution is 0.0550. The molecule has 4 nitrogen and oxygen atoms in total. The van der Waals surface area contributed by atoms with E-state index in [1.807, 2.05) is 48.2 Å². The average Bonchev–Trinajstić information content (AvgIpc) is 3.07. The van der Waals surface area contributed by atoms with Gasteiger partial charge in [-0.15, -0.1) is 0 Å². The van der Waals surface area contributed by atoms with Gasteiger partial charge in [0.05, 0.1) is 12.8 Å². The van der Waals surface area contributed by atoms with Crippen LogP contribution < -0.4 is 0 Å². The second-order valence-electron chi connectivity index (χ2n) is 6.41. The SMILES string of the molecule is Cc1ccc(C(=O)N(Cc2ccco2)C2CCN(C)CC2)cc1. The quantitative estimate of drug-likeness (QED) is 0.869. The largest absolute Gasteiger partial charge is 0.467 e. The summed E-state index contributed by atoms with van der Waals surface area (Å²) in [4.78, 5) is 17.3. The highest BCUT2D eigenvalue weighted by Crippen LogP contribution is 2.21. The van der Waals surface area contributed by atoms with Crippen LogP contribution >= 0.6 is 0 Å². The molecule has 0 spiro atoms. The van der Waals surface area contributed by atoms with Crippen LogP contribution in [-0.4, -0.2) is 41.9 Å². The molecule has 0 radical (unpaired) electrons. The third-order valence-corrected chi connectivity index (χ3v) is 4.59. The molecule has 1 amide bonds. The van der Waals surface area contributed by atoms with Gasteiger partial charge in [0.15, 0.2) is 0 Å². The van der Waals surface area contributed by atoms with Gasteiger partial charge < -0.3 is 14.2 Å². The van der Waals surface area contributed by atoms with Crippen molar-refractivity contribution >= 4 is 5.91 Å². The summed E-state index contributed by atoms with van der Waals surface area (Å²) in [5.74, 6) is 0.931. The number of likely N-dealkylation sites (tertiary alicyclic amines) is 1. The van der Waals surface area contributed by atoms with Gasteiger partial charge in [0, 0.05) is 11.6 Å². The zero-order valence-corrected chi connectivity index (χ0v) is 13.9. The van der Waals surface area contributed by atoms with Crippen LogP contribution in [0.2, 0.25) is 0 Å². The molecule has 23 heavy (non-hydrogen) atoms. The minimum absolute atomic E-state index is 0.0935. The molecular formula is C19H24N2O2. The number of rotatable bonds is 4. The van der Waals surface area contributed by atoms with Crippen molar-refractivity contribution in [3.63, 3.8) is 0 Å². The van der Waals surface area contributed by atoms with Crippen LogP contribution in [0.5, 0.6) is 0 Å². The van der Waals surface area contributed by atoms with Crippen LogP contribution in [0.4, 0.5) is 0 Å². The molecular weight excluding hydrogens is 288 g/mol. The molecule has 0 unspecified atom stereocenters. The van der Waals surface area contributed by atoms with Crippen molar-refractivity contribution < 1.29 is 9.21 Å². The molecule has 0 bridgehead atoms. The van der Waals surface area contributed by atoms with Gasteiger partial charge in [0.2, 0.25) is 0 Å². The second kappa shape index (κ2) is 7.01. The number of benzene rings is 1. The molecule has 1 saturated heterocycles. The summed E-state index contributed by atoms with van der Waals surface area (Å²) in [6, 6.07) is 11.9. The number of aryl methyl sites for hydroxylation is 1. The normalized spacial score (nSPS) is 16.4. The van der Waals surface area contributed by atoms with Gasteiger partial charge in [0.25, 0.3) is 5.91 Å². The molecule has 3 rings (SSSR count). The maximum Gasteiger partial charge on any atom is 0.254 e. The van der Waals surface area contributed by atoms with Gasteiger partial charge in [0.1, 0.15) is 5.76 Å². The first kappa shape index (κ1) is 15.8. The summed E-state index contributed by atoms with van der Waals surface area (Å²) in [7, 11) is 2.13. The van der Waals surface area contributed by atoms with E-state index in [-0.39, 0.29) is 11.9 Å². The summed E-state index contributed by atoms with van der Waals surface area (Å²) in [6.07, 6.45) is 3.68. The van der Waals surface area contributed by atoms with Gasteiger partial charge in [-0.3, -0.25) is 4.79 Å². The molecule has 2 aromatic rings. The van der Waals surface area contributed by atoms with Crippen LogP contribution in [0.15, 0.2) is 47.1 Å². The second-order valence-corrected chi connectivity index (χ2v) is 6.41. The summed E-state index contributed by atoms with van der Waals surface area (Å²) in [6.45, 7) is 4.63. The summed E-state index contributed by atoms with van der Waals surface area (Å²) in [5.41, 5.74) is 1.92. The molecule has 0 atom stereocenters. The minimum atomic E-state index is 0.0935. The molecule has 0 aliphatic carbocycles. The molecule has 1 aliphatic heterocycles. The van der Waals surface area contributed by atoms with Crippen LogP contribution in [0.25, 0.3) is 0 Å². The van der Waals surface area contributed by atoms with E-state index in [4.69, 9.17) is 4.42 Å². The highest BCUT2D eigenvalue weighted by molar-refractivity contribution is 5.94. The summed E-state index contributed by atoms with van der Waals surface area (Å²) >= 11 is 0. The van der Waals surface area contributed by atoms with Crippen molar-refractivity contribution in [3.8, 4) is 0 Å². The molecule has 1 aromatic carbocycles. The van der Waals surface area contributed by atoms with Crippen molar-refractivity contribution in [2.75, 3.05) is 20.1 Å². The lowest BCUT2D eigenvalue weighted by Gasteiger charge is -2.37. The predicted molar refractivity (Wildman–Crippen MR) is 90.3 cm³/mol. The Kier molecular flexibility index (Phi) is 4.82. The maximum atomic E-state index is 13.0. The summed E-state index contributed by atoms with van der Waals surface area (Å²) < 4.78 is 5.48. The first-order chi connectivity index (χ1) is 11.1. The van der Waals surface area contributed by atoms with Gasteiger partial charge in [-0.05, 0) is 64.2 Å². The monoisotopic (exact) mass is 312 g/mol. The number of amides is 1. The van der Waals surface area contributed by atoms with Crippen molar-refractivity contribution in [1.29, 1.82) is 0 Å². The molecule has 4 heteroatoms. The fraction of sp³-hybridized carbons (Fsp3) is 0.421. The fourth-order valence-electron chi connectivity index (χ4n) is 3.11. The summed E-state index contributed by atoms with van der Waals surface area (Å²) in [5, 5.41) is 0. The Morgan fingerprint density at radius 3 is 2.52 bits per heavy atom. The Bertz CT molecular complexity index is 626. The van der Waals surface area contributed by atoms with Crippen molar-refractivity contribution in [3.05, 3.63) is 59.5 Å². The zero-order chi connectivity index (χ0) is 16.2. The number of nitrogens with zero attached hydrogens (tertiary/aromatic N) is 2. The number of furan rings is 1. The van der Waals surface area contributed by atoms with Gasteiger partial charge in [-0.25, -0.2) is 0 Å². The highest BCUT2D eigenvalue weighted by atomic mass is 16.3. The first-order valence-electron chi connectivity index (χ1n) is 8.22. The molecule has 0 N–H and O–H groups in total. The number of hydrogen-bond donors (Lipinski definition) is 0. The van der Waals surface area contributed by atoms with E-state index in [1.165, 1.54) is 5.56 Å². The topological polar surface area (TPSA) is 36.7 Å². The first-order valence-corrected chi connectivity index (χ1v) is 8.22. The third-order valence-electron chi connectivity index (χ3n) is 4.59. The van der Waals surface area contributed by atoms with E-state index >= 15 is 0 Å². The molecule has 1 aliphatic rings. The Morgan fingerprint density at radius 2 is 1.91 bits per heavy atom. The van der Waals surface area contributed by atoms with Crippen LogP contribution in [0, 0.1) is 6.92 Å². The molecule has 1 fully saturated rings. The van der Waals surface area contributed by atoms with Gasteiger partial charge in [-0.1, -0.05) is 17.7 Å². The van der Waals surface area contributed by atoms with Crippen molar-refractivity contribution in [2.24, 2.45) is 0 Å². The Labute approximate surface area is 137 Å². The Balaban J connectivity index is 1.81. The molecule has 0 saturated carbocycles. The molecule has 2 heterocycles. The molecule has 1 aromatic heterocycles. The highest BCUT2D eigenvalue weighted by Gasteiger charge is 2.28.